The Morgan fingerprint density at radius 3 is 2.42 bits per heavy atom. The number of nitrogens with zero attached hydrogens (tertiary/aromatic N) is 1. The molecule has 0 saturated carbocycles. The molecule has 1 N–H and O–H groups in total. The van der Waals surface area contributed by atoms with E-state index in [1.54, 1.807) is 18.3 Å². The molecule has 0 aliphatic rings. The summed E-state index contributed by atoms with van der Waals surface area (Å²) >= 11 is 0. The predicted octanol–water partition coefficient (Wildman–Crippen LogP) is 5.25. The highest BCUT2D eigenvalue weighted by Crippen LogP contribution is 2.18. The first-order valence-corrected chi connectivity index (χ1v) is 10.8. The van der Waals surface area contributed by atoms with Crippen LogP contribution in [0.1, 0.15) is 73.4 Å². The molecule has 0 saturated heterocycles. The summed E-state index contributed by atoms with van der Waals surface area (Å²) in [5.74, 6) is 0.219. The van der Waals surface area contributed by atoms with E-state index < -0.39 is 0 Å². The van der Waals surface area contributed by atoms with Crippen LogP contribution in [-0.2, 0) is 16.1 Å². The number of ether oxygens (including phenoxy) is 2. The number of hydrogen-bond donors (Lipinski definition) is 1. The highest BCUT2D eigenvalue weighted by Gasteiger charge is 2.06. The molecule has 0 aliphatic heterocycles. The average molecular weight is 425 g/mol. The summed E-state index contributed by atoms with van der Waals surface area (Å²) in [5.41, 5.74) is 4.78. The van der Waals surface area contributed by atoms with Crippen LogP contribution in [0.5, 0.6) is 5.75 Å². The molecule has 0 atom stereocenters. The number of unbranched alkanes of at least 4 members (excludes halogenated alkanes) is 5. The van der Waals surface area contributed by atoms with E-state index in [-0.39, 0.29) is 11.9 Å². The van der Waals surface area contributed by atoms with Crippen LogP contribution in [0.2, 0.25) is 0 Å². The molecule has 2 aromatic rings. The second kappa shape index (κ2) is 14.0. The van der Waals surface area contributed by atoms with Crippen LogP contribution in [-0.4, -0.2) is 25.2 Å². The van der Waals surface area contributed by atoms with Crippen LogP contribution < -0.4 is 10.2 Å². The minimum atomic E-state index is -0.368. The second-order valence-electron chi connectivity index (χ2n) is 7.33. The maximum Gasteiger partial charge on any atom is 0.337 e. The van der Waals surface area contributed by atoms with E-state index >= 15 is 0 Å². The molecular formula is C25H32N2O4. The molecule has 0 bridgehead atoms. The molecule has 2 aromatic carbocycles. The van der Waals surface area contributed by atoms with Gasteiger partial charge in [-0.05, 0) is 36.2 Å². The number of rotatable bonds is 13. The van der Waals surface area contributed by atoms with Crippen molar-refractivity contribution in [3.05, 3.63) is 65.2 Å². The molecule has 166 valence electrons. The molecule has 0 aromatic heterocycles. The quantitative estimate of drug-likeness (QED) is 0.206. The number of benzene rings is 2. The van der Waals surface area contributed by atoms with Crippen molar-refractivity contribution < 1.29 is 19.1 Å². The fraction of sp³-hybridized carbons (Fsp3) is 0.400. The number of nitrogens with one attached hydrogen (secondary N) is 1. The van der Waals surface area contributed by atoms with Gasteiger partial charge in [0.25, 0.3) is 0 Å². The molecule has 6 nitrogen and oxygen atoms in total. The number of esters is 1. The zero-order valence-corrected chi connectivity index (χ0v) is 18.4. The van der Waals surface area contributed by atoms with E-state index in [1.165, 1.54) is 32.8 Å². The van der Waals surface area contributed by atoms with E-state index in [2.05, 4.69) is 17.5 Å². The summed E-state index contributed by atoms with van der Waals surface area (Å²) in [6.45, 7) is 2.54. The Hall–Kier alpha value is -3.15. The normalized spacial score (nSPS) is 10.8. The predicted molar refractivity (Wildman–Crippen MR) is 122 cm³/mol. The van der Waals surface area contributed by atoms with Gasteiger partial charge in [-0.3, -0.25) is 4.79 Å². The first-order valence-electron chi connectivity index (χ1n) is 10.8. The van der Waals surface area contributed by atoms with Gasteiger partial charge in [0.1, 0.15) is 12.4 Å². The number of methoxy groups -OCH3 is 1. The number of hydrazone groups is 1. The Morgan fingerprint density at radius 1 is 0.968 bits per heavy atom. The van der Waals surface area contributed by atoms with Gasteiger partial charge in [-0.1, -0.05) is 63.3 Å². The maximum atomic E-state index is 11.9. The largest absolute Gasteiger partial charge is 0.488 e. The van der Waals surface area contributed by atoms with Gasteiger partial charge in [-0.2, -0.15) is 5.10 Å². The van der Waals surface area contributed by atoms with Crippen molar-refractivity contribution in [3.8, 4) is 5.75 Å². The molecule has 0 radical (unpaired) electrons. The lowest BCUT2D eigenvalue weighted by Crippen LogP contribution is -2.17. The fourth-order valence-corrected chi connectivity index (χ4v) is 3.03. The standard InChI is InChI=1S/C25H32N2O4/c1-3-4-5-6-7-8-13-24(28)27-26-18-22-11-9-10-12-23(22)31-19-20-14-16-21(17-15-20)25(29)30-2/h9-12,14-18H,3-8,13,19H2,1-2H3,(H,27,28)/b26-18-. The Kier molecular flexibility index (Phi) is 10.9. The van der Waals surface area contributed by atoms with Crippen molar-refractivity contribution in [2.75, 3.05) is 7.11 Å². The summed E-state index contributed by atoms with van der Waals surface area (Å²) < 4.78 is 10.6. The first kappa shape index (κ1) is 24.1. The molecule has 0 spiro atoms. The Labute approximate surface area is 184 Å². The van der Waals surface area contributed by atoms with E-state index in [4.69, 9.17) is 9.47 Å². The van der Waals surface area contributed by atoms with Crippen LogP contribution in [0.3, 0.4) is 0 Å². The molecule has 0 unspecified atom stereocenters. The van der Waals surface area contributed by atoms with Crippen molar-refractivity contribution >= 4 is 18.1 Å². The van der Waals surface area contributed by atoms with Gasteiger partial charge in [-0.15, -0.1) is 0 Å². The molecule has 2 rings (SSSR count). The highest BCUT2D eigenvalue weighted by atomic mass is 16.5. The molecule has 1 amide bonds. The van der Waals surface area contributed by atoms with Crippen molar-refractivity contribution in [1.29, 1.82) is 0 Å². The Balaban J connectivity index is 1.80. The minimum absolute atomic E-state index is 0.0733. The van der Waals surface area contributed by atoms with Gasteiger partial charge in [-0.25, -0.2) is 10.2 Å². The summed E-state index contributed by atoms with van der Waals surface area (Å²) in [6, 6.07) is 14.5. The lowest BCUT2D eigenvalue weighted by Gasteiger charge is -2.09. The zero-order valence-electron chi connectivity index (χ0n) is 18.4. The van der Waals surface area contributed by atoms with E-state index in [0.29, 0.717) is 24.3 Å². The molecule has 6 heteroatoms. The lowest BCUT2D eigenvalue weighted by molar-refractivity contribution is -0.121. The van der Waals surface area contributed by atoms with Gasteiger partial charge >= 0.3 is 5.97 Å². The van der Waals surface area contributed by atoms with Gasteiger partial charge < -0.3 is 9.47 Å². The summed E-state index contributed by atoms with van der Waals surface area (Å²) in [7, 11) is 1.36. The van der Waals surface area contributed by atoms with Crippen LogP contribution in [0.15, 0.2) is 53.6 Å². The summed E-state index contributed by atoms with van der Waals surface area (Å²) in [4.78, 5) is 23.4. The third-order valence-corrected chi connectivity index (χ3v) is 4.84. The zero-order chi connectivity index (χ0) is 22.3. The minimum Gasteiger partial charge on any atom is -0.488 e. The Morgan fingerprint density at radius 2 is 1.68 bits per heavy atom. The van der Waals surface area contributed by atoms with Gasteiger partial charge in [0.05, 0.1) is 18.9 Å². The highest BCUT2D eigenvalue weighted by molar-refractivity contribution is 5.89. The van der Waals surface area contributed by atoms with E-state index in [0.717, 1.165) is 24.0 Å². The van der Waals surface area contributed by atoms with Crippen LogP contribution in [0.25, 0.3) is 0 Å². The third kappa shape index (κ3) is 9.03. The van der Waals surface area contributed by atoms with Crippen LogP contribution >= 0.6 is 0 Å². The van der Waals surface area contributed by atoms with E-state index in [1.807, 2.05) is 36.4 Å². The monoisotopic (exact) mass is 424 g/mol. The molecule has 0 aliphatic carbocycles. The number of hydrogen-bond acceptors (Lipinski definition) is 5. The summed E-state index contributed by atoms with van der Waals surface area (Å²) in [5, 5.41) is 4.07. The number of carbonyl (C=O) groups is 2. The number of amides is 1. The summed E-state index contributed by atoms with van der Waals surface area (Å²) in [6.07, 6.45) is 8.95. The van der Waals surface area contributed by atoms with Gasteiger partial charge in [0, 0.05) is 12.0 Å². The SMILES string of the molecule is CCCCCCCCC(=O)N/N=C\c1ccccc1OCc1ccc(C(=O)OC)cc1. The van der Waals surface area contributed by atoms with Crippen molar-refractivity contribution in [2.24, 2.45) is 5.10 Å². The second-order valence-corrected chi connectivity index (χ2v) is 7.33. The smallest absolute Gasteiger partial charge is 0.337 e. The van der Waals surface area contributed by atoms with E-state index in [9.17, 15) is 9.59 Å². The van der Waals surface area contributed by atoms with Crippen LogP contribution in [0, 0.1) is 0 Å². The Bertz CT molecular complexity index is 847. The molecule has 0 heterocycles. The topological polar surface area (TPSA) is 77.0 Å². The number of carbonyl (C=O) groups excluding carboxylic acids is 2. The van der Waals surface area contributed by atoms with Crippen molar-refractivity contribution in [3.63, 3.8) is 0 Å². The fourth-order valence-electron chi connectivity index (χ4n) is 3.03. The molecule has 31 heavy (non-hydrogen) atoms. The van der Waals surface area contributed by atoms with Gasteiger partial charge in [0.15, 0.2) is 0 Å². The first-order chi connectivity index (χ1) is 15.1. The molecule has 0 fully saturated rings. The third-order valence-electron chi connectivity index (χ3n) is 4.84. The van der Waals surface area contributed by atoms with Gasteiger partial charge in [0.2, 0.25) is 5.91 Å². The lowest BCUT2D eigenvalue weighted by atomic mass is 10.1. The van der Waals surface area contributed by atoms with Crippen LogP contribution in [0.4, 0.5) is 0 Å². The van der Waals surface area contributed by atoms with Crippen molar-refractivity contribution in [1.82, 2.24) is 5.43 Å². The van der Waals surface area contributed by atoms with Crippen molar-refractivity contribution in [2.45, 2.75) is 58.5 Å². The average Bonchev–Trinajstić information content (AvgIpc) is 2.80. The number of para-hydroxylation sites is 1. The maximum absolute atomic E-state index is 11.9. The molecular weight excluding hydrogens is 392 g/mol.